The first-order valence-electron chi connectivity index (χ1n) is 5.19. The predicted octanol–water partition coefficient (Wildman–Crippen LogP) is 1.31. The molecule has 18 heavy (non-hydrogen) atoms. The third-order valence-corrected chi connectivity index (χ3v) is 2.04. The third kappa shape index (κ3) is 3.90. The van der Waals surface area contributed by atoms with Crippen LogP contribution in [0.25, 0.3) is 0 Å². The topological polar surface area (TPSA) is 63.2 Å². The van der Waals surface area contributed by atoms with E-state index >= 15 is 0 Å². The minimum atomic E-state index is -4.32. The molecule has 0 aliphatic rings. The Morgan fingerprint density at radius 2 is 1.94 bits per heavy atom. The summed E-state index contributed by atoms with van der Waals surface area (Å²) < 4.78 is 42.0. The first kappa shape index (κ1) is 14.3. The van der Waals surface area contributed by atoms with E-state index in [0.29, 0.717) is 0 Å². The van der Waals surface area contributed by atoms with Crippen molar-refractivity contribution in [2.24, 2.45) is 0 Å². The van der Waals surface area contributed by atoms with Crippen LogP contribution in [0.1, 0.15) is 6.92 Å². The van der Waals surface area contributed by atoms with Gasteiger partial charge in [-0.25, -0.2) is 0 Å². The summed E-state index contributed by atoms with van der Waals surface area (Å²) in [6.45, 7) is 0.580. The van der Waals surface area contributed by atoms with Crippen LogP contribution in [0, 0.1) is 0 Å². The van der Waals surface area contributed by atoms with E-state index in [4.69, 9.17) is 4.74 Å². The molecule has 1 rings (SSSR count). The van der Waals surface area contributed by atoms with Crippen molar-refractivity contribution in [2.45, 2.75) is 13.1 Å². The zero-order valence-electron chi connectivity index (χ0n) is 10.2. The minimum absolute atomic E-state index is 0.0371. The Morgan fingerprint density at radius 3 is 2.39 bits per heavy atom. The zero-order valence-corrected chi connectivity index (χ0v) is 10.2. The quantitative estimate of drug-likeness (QED) is 0.866. The molecule has 0 fully saturated rings. The van der Waals surface area contributed by atoms with Gasteiger partial charge in [0.15, 0.2) is 0 Å². The van der Waals surface area contributed by atoms with E-state index in [0.717, 1.165) is 4.90 Å². The summed E-state index contributed by atoms with van der Waals surface area (Å²) in [7, 11) is 2.89. The molecule has 0 spiro atoms. The number of methoxy groups -OCH3 is 1. The lowest BCUT2D eigenvalue weighted by Gasteiger charge is -2.22. The molecule has 0 saturated carbocycles. The summed E-state index contributed by atoms with van der Waals surface area (Å²) in [5.74, 6) is 0.0727. The first-order chi connectivity index (χ1) is 8.39. The van der Waals surface area contributed by atoms with Gasteiger partial charge in [0, 0.05) is 13.6 Å². The normalized spacial score (nSPS) is 11.2. The summed E-state index contributed by atoms with van der Waals surface area (Å²) in [6, 6.07) is -0.0371. The molecule has 9 heteroatoms. The van der Waals surface area contributed by atoms with Crippen LogP contribution in [0.3, 0.4) is 0 Å². The highest BCUT2D eigenvalue weighted by Gasteiger charge is 2.31. The second-order valence-electron chi connectivity index (χ2n) is 3.33. The van der Waals surface area contributed by atoms with Crippen LogP contribution >= 0.6 is 0 Å². The molecule has 1 aromatic heterocycles. The zero-order chi connectivity index (χ0) is 13.8. The van der Waals surface area contributed by atoms with Gasteiger partial charge in [-0.15, -0.1) is 0 Å². The summed E-state index contributed by atoms with van der Waals surface area (Å²) in [4.78, 5) is 12.5. The lowest BCUT2D eigenvalue weighted by Crippen LogP contribution is -2.35. The molecular weight excluding hydrogens is 251 g/mol. The Kier molecular flexibility index (Phi) is 4.51. The number of halogens is 3. The lowest BCUT2D eigenvalue weighted by molar-refractivity contribution is -0.119. The van der Waals surface area contributed by atoms with Crippen LogP contribution in [-0.2, 0) is 0 Å². The Bertz CT molecular complexity index is 376. The molecule has 0 atom stereocenters. The predicted molar refractivity (Wildman–Crippen MR) is 59.9 cm³/mol. The van der Waals surface area contributed by atoms with Crippen molar-refractivity contribution in [3.8, 4) is 6.01 Å². The third-order valence-electron chi connectivity index (χ3n) is 2.04. The second kappa shape index (κ2) is 5.69. The van der Waals surface area contributed by atoms with E-state index in [-0.39, 0.29) is 24.5 Å². The van der Waals surface area contributed by atoms with Crippen LogP contribution in [0.15, 0.2) is 0 Å². The summed E-state index contributed by atoms with van der Waals surface area (Å²) >= 11 is 0. The maximum atomic E-state index is 12.4. The molecule has 0 aliphatic heterocycles. The average molecular weight is 265 g/mol. The summed E-state index contributed by atoms with van der Waals surface area (Å²) in [6.07, 6.45) is -4.32. The van der Waals surface area contributed by atoms with E-state index < -0.39 is 12.7 Å². The van der Waals surface area contributed by atoms with E-state index in [1.807, 2.05) is 0 Å². The SMILES string of the molecule is CCN(CC(F)(F)F)c1nc(NC)nc(OC)n1. The molecule has 0 unspecified atom stereocenters. The van der Waals surface area contributed by atoms with Gasteiger partial charge in [0.1, 0.15) is 6.54 Å². The molecule has 0 saturated heterocycles. The molecule has 1 N–H and O–H groups in total. The van der Waals surface area contributed by atoms with E-state index in [1.54, 1.807) is 14.0 Å². The summed E-state index contributed by atoms with van der Waals surface area (Å²) in [5, 5.41) is 2.63. The minimum Gasteiger partial charge on any atom is -0.467 e. The number of ether oxygens (including phenoxy) is 1. The number of rotatable bonds is 5. The molecule has 0 aliphatic carbocycles. The number of alkyl halides is 3. The average Bonchev–Trinajstić information content (AvgIpc) is 2.34. The van der Waals surface area contributed by atoms with Crippen LogP contribution in [0.2, 0.25) is 0 Å². The maximum Gasteiger partial charge on any atom is 0.406 e. The molecule has 1 aromatic rings. The van der Waals surface area contributed by atoms with E-state index in [2.05, 4.69) is 20.3 Å². The fourth-order valence-corrected chi connectivity index (χ4v) is 1.23. The second-order valence-corrected chi connectivity index (χ2v) is 3.33. The molecule has 6 nitrogen and oxygen atoms in total. The molecular formula is C9H14F3N5O. The highest BCUT2D eigenvalue weighted by atomic mass is 19.4. The van der Waals surface area contributed by atoms with Gasteiger partial charge < -0.3 is 15.0 Å². The van der Waals surface area contributed by atoms with Gasteiger partial charge in [-0.3, -0.25) is 0 Å². The van der Waals surface area contributed by atoms with Crippen molar-refractivity contribution in [1.29, 1.82) is 0 Å². The molecule has 102 valence electrons. The van der Waals surface area contributed by atoms with Crippen molar-refractivity contribution in [3.63, 3.8) is 0 Å². The molecule has 0 aromatic carbocycles. The molecule has 0 bridgehead atoms. The number of anilines is 2. The number of hydrogen-bond donors (Lipinski definition) is 1. The highest BCUT2D eigenvalue weighted by Crippen LogP contribution is 2.21. The van der Waals surface area contributed by atoms with Gasteiger partial charge in [0.25, 0.3) is 0 Å². The fourth-order valence-electron chi connectivity index (χ4n) is 1.23. The highest BCUT2D eigenvalue weighted by molar-refractivity contribution is 5.38. The van der Waals surface area contributed by atoms with Crippen molar-refractivity contribution < 1.29 is 17.9 Å². The van der Waals surface area contributed by atoms with Crippen molar-refractivity contribution in [1.82, 2.24) is 15.0 Å². The van der Waals surface area contributed by atoms with Crippen molar-refractivity contribution in [3.05, 3.63) is 0 Å². The fraction of sp³-hybridized carbons (Fsp3) is 0.667. The van der Waals surface area contributed by atoms with Crippen LogP contribution in [-0.4, -0.2) is 48.4 Å². The lowest BCUT2D eigenvalue weighted by atomic mass is 10.5. The Balaban J connectivity index is 3.04. The first-order valence-corrected chi connectivity index (χ1v) is 5.19. The Morgan fingerprint density at radius 1 is 1.28 bits per heavy atom. The smallest absolute Gasteiger partial charge is 0.406 e. The van der Waals surface area contributed by atoms with Gasteiger partial charge in [0.2, 0.25) is 11.9 Å². The number of aromatic nitrogens is 3. The van der Waals surface area contributed by atoms with Crippen LogP contribution < -0.4 is 15.0 Å². The number of hydrogen-bond acceptors (Lipinski definition) is 6. The largest absolute Gasteiger partial charge is 0.467 e. The van der Waals surface area contributed by atoms with Gasteiger partial charge in [-0.2, -0.15) is 28.1 Å². The van der Waals surface area contributed by atoms with Crippen LogP contribution in [0.5, 0.6) is 6.01 Å². The van der Waals surface area contributed by atoms with Gasteiger partial charge in [-0.1, -0.05) is 0 Å². The van der Waals surface area contributed by atoms with Gasteiger partial charge >= 0.3 is 12.2 Å². The molecule has 0 amide bonds. The molecule has 0 radical (unpaired) electrons. The van der Waals surface area contributed by atoms with Crippen molar-refractivity contribution in [2.75, 3.05) is 37.5 Å². The van der Waals surface area contributed by atoms with E-state index in [9.17, 15) is 13.2 Å². The van der Waals surface area contributed by atoms with Gasteiger partial charge in [0.05, 0.1) is 7.11 Å². The monoisotopic (exact) mass is 265 g/mol. The summed E-state index contributed by atoms with van der Waals surface area (Å²) in [5.41, 5.74) is 0. The number of nitrogens with one attached hydrogen (secondary N) is 1. The maximum absolute atomic E-state index is 12.4. The number of nitrogens with zero attached hydrogens (tertiary/aromatic N) is 4. The van der Waals surface area contributed by atoms with E-state index in [1.165, 1.54) is 7.11 Å². The van der Waals surface area contributed by atoms with Gasteiger partial charge in [-0.05, 0) is 6.92 Å². The Labute approximate surface area is 102 Å². The van der Waals surface area contributed by atoms with Crippen molar-refractivity contribution >= 4 is 11.9 Å². The van der Waals surface area contributed by atoms with Crippen LogP contribution in [0.4, 0.5) is 25.1 Å². The molecule has 1 heterocycles. The standard InChI is InChI=1S/C9H14F3N5O/c1-4-17(5-9(10,11)12)7-14-6(13-2)15-8(16-7)18-3/h4-5H2,1-3H3,(H,13,14,15,16). The Hall–Kier alpha value is -1.80.